The fourth-order valence-electron chi connectivity index (χ4n) is 2.61. The van der Waals surface area contributed by atoms with E-state index in [1.54, 1.807) is 42.5 Å². The van der Waals surface area contributed by atoms with Crippen LogP contribution in [0, 0.1) is 0 Å². The highest BCUT2D eigenvalue weighted by molar-refractivity contribution is 6.02. The topological polar surface area (TPSA) is 92.6 Å². The van der Waals surface area contributed by atoms with Crippen molar-refractivity contribution < 1.29 is 18.7 Å². The first-order valence-electron chi connectivity index (χ1n) is 9.25. The Hall–Kier alpha value is -3.74. The van der Waals surface area contributed by atoms with Crippen molar-refractivity contribution in [2.75, 3.05) is 22.5 Å². The molecule has 1 aromatic heterocycles. The van der Waals surface area contributed by atoms with Crippen LogP contribution in [0.15, 0.2) is 71.3 Å². The number of hydrogen-bond donors (Lipinski definition) is 3. The van der Waals surface area contributed by atoms with Gasteiger partial charge in [-0.25, -0.2) is 0 Å². The summed E-state index contributed by atoms with van der Waals surface area (Å²) in [6.07, 6.45) is 1.50. The Kier molecular flexibility index (Phi) is 6.52. The lowest BCUT2D eigenvalue weighted by atomic mass is 10.2. The van der Waals surface area contributed by atoms with Crippen molar-refractivity contribution in [1.29, 1.82) is 0 Å². The van der Waals surface area contributed by atoms with Crippen molar-refractivity contribution in [2.24, 2.45) is 0 Å². The van der Waals surface area contributed by atoms with E-state index in [1.807, 2.05) is 32.0 Å². The molecule has 0 saturated heterocycles. The molecule has 0 fully saturated rings. The SMILES string of the molecule is CC(C)Oc1cccc(NC(=O)CNc2cccc(NC(=O)c3ccco3)c2)c1. The van der Waals surface area contributed by atoms with Gasteiger partial charge in [0.2, 0.25) is 5.91 Å². The van der Waals surface area contributed by atoms with E-state index in [1.165, 1.54) is 6.26 Å². The number of carbonyl (C=O) groups excluding carboxylic acids is 2. The van der Waals surface area contributed by atoms with Gasteiger partial charge in [0.05, 0.1) is 18.9 Å². The van der Waals surface area contributed by atoms with E-state index in [0.29, 0.717) is 22.8 Å². The number of amides is 2. The van der Waals surface area contributed by atoms with E-state index in [9.17, 15) is 9.59 Å². The highest BCUT2D eigenvalue weighted by atomic mass is 16.5. The number of hydrogen-bond acceptors (Lipinski definition) is 5. The third kappa shape index (κ3) is 6.14. The third-order valence-electron chi connectivity index (χ3n) is 3.81. The summed E-state index contributed by atoms with van der Waals surface area (Å²) in [6, 6.07) is 17.6. The van der Waals surface area contributed by atoms with Gasteiger partial charge in [-0.1, -0.05) is 12.1 Å². The second-order valence-corrected chi connectivity index (χ2v) is 6.61. The van der Waals surface area contributed by atoms with Gasteiger partial charge in [0.25, 0.3) is 5.91 Å². The molecule has 0 unspecified atom stereocenters. The lowest BCUT2D eigenvalue weighted by Crippen LogP contribution is -2.21. The summed E-state index contributed by atoms with van der Waals surface area (Å²) in [5.74, 6) is 0.391. The Balaban J connectivity index is 1.53. The number of anilines is 3. The molecular formula is C22H23N3O4. The predicted octanol–water partition coefficient (Wildman–Crippen LogP) is 4.37. The normalized spacial score (nSPS) is 10.4. The minimum Gasteiger partial charge on any atom is -0.491 e. The molecule has 2 aromatic carbocycles. The molecule has 0 radical (unpaired) electrons. The second-order valence-electron chi connectivity index (χ2n) is 6.61. The molecule has 0 aliphatic carbocycles. The van der Waals surface area contributed by atoms with Gasteiger partial charge >= 0.3 is 0 Å². The van der Waals surface area contributed by atoms with Crippen LogP contribution in [-0.2, 0) is 4.79 Å². The summed E-state index contributed by atoms with van der Waals surface area (Å²) in [5, 5.41) is 8.62. The van der Waals surface area contributed by atoms with Crippen LogP contribution in [0.1, 0.15) is 24.4 Å². The third-order valence-corrected chi connectivity index (χ3v) is 3.81. The van der Waals surface area contributed by atoms with Gasteiger partial charge < -0.3 is 25.1 Å². The molecular weight excluding hydrogens is 370 g/mol. The highest BCUT2D eigenvalue weighted by Crippen LogP contribution is 2.19. The van der Waals surface area contributed by atoms with E-state index in [-0.39, 0.29) is 30.2 Å². The molecule has 29 heavy (non-hydrogen) atoms. The smallest absolute Gasteiger partial charge is 0.291 e. The molecule has 0 aliphatic heterocycles. The molecule has 0 spiro atoms. The first kappa shape index (κ1) is 20.0. The van der Waals surface area contributed by atoms with Gasteiger partial charge in [0, 0.05) is 23.1 Å². The lowest BCUT2D eigenvalue weighted by Gasteiger charge is -2.12. The maximum atomic E-state index is 12.2. The van der Waals surface area contributed by atoms with E-state index >= 15 is 0 Å². The van der Waals surface area contributed by atoms with Crippen LogP contribution >= 0.6 is 0 Å². The van der Waals surface area contributed by atoms with Crippen LogP contribution in [0.5, 0.6) is 5.75 Å². The van der Waals surface area contributed by atoms with E-state index in [2.05, 4.69) is 16.0 Å². The number of ether oxygens (including phenoxy) is 1. The van der Waals surface area contributed by atoms with Gasteiger partial charge in [-0.05, 0) is 56.3 Å². The van der Waals surface area contributed by atoms with Crippen molar-refractivity contribution in [1.82, 2.24) is 0 Å². The molecule has 0 saturated carbocycles. The van der Waals surface area contributed by atoms with Crippen molar-refractivity contribution >= 4 is 28.9 Å². The molecule has 0 atom stereocenters. The molecule has 7 nitrogen and oxygen atoms in total. The summed E-state index contributed by atoms with van der Waals surface area (Å²) in [6.45, 7) is 3.96. The zero-order valence-electron chi connectivity index (χ0n) is 16.3. The van der Waals surface area contributed by atoms with Gasteiger partial charge in [-0.3, -0.25) is 9.59 Å². The minimum atomic E-state index is -0.339. The summed E-state index contributed by atoms with van der Waals surface area (Å²) in [7, 11) is 0. The number of rotatable bonds is 8. The van der Waals surface area contributed by atoms with E-state index in [0.717, 1.165) is 0 Å². The summed E-state index contributed by atoms with van der Waals surface area (Å²) >= 11 is 0. The molecule has 7 heteroatoms. The van der Waals surface area contributed by atoms with Crippen LogP contribution < -0.4 is 20.7 Å². The quantitative estimate of drug-likeness (QED) is 0.528. The molecule has 2 amide bonds. The zero-order valence-corrected chi connectivity index (χ0v) is 16.3. The first-order chi connectivity index (χ1) is 14.0. The molecule has 1 heterocycles. The van der Waals surface area contributed by atoms with Gasteiger partial charge in [-0.2, -0.15) is 0 Å². The molecule has 150 valence electrons. The second kappa shape index (κ2) is 9.45. The summed E-state index contributed by atoms with van der Waals surface area (Å²) < 4.78 is 10.7. The van der Waals surface area contributed by atoms with Crippen molar-refractivity contribution in [3.05, 3.63) is 72.7 Å². The number of nitrogens with one attached hydrogen (secondary N) is 3. The molecule has 0 aliphatic rings. The number of furan rings is 1. The molecule has 3 aromatic rings. The Morgan fingerprint density at radius 1 is 0.931 bits per heavy atom. The van der Waals surface area contributed by atoms with Crippen LogP contribution in [-0.4, -0.2) is 24.5 Å². The fraction of sp³-hybridized carbons (Fsp3) is 0.182. The highest BCUT2D eigenvalue weighted by Gasteiger charge is 2.09. The molecule has 3 rings (SSSR count). The van der Waals surface area contributed by atoms with Crippen LogP contribution in [0.2, 0.25) is 0 Å². The standard InChI is InChI=1S/C22H23N3O4/c1-15(2)29-19-9-4-8-18(13-19)24-21(26)14-23-16-6-3-7-17(12-16)25-22(27)20-10-5-11-28-20/h3-13,15,23H,14H2,1-2H3,(H,24,26)(H,25,27). The number of carbonyl (C=O) groups is 2. The lowest BCUT2D eigenvalue weighted by molar-refractivity contribution is -0.114. The zero-order chi connectivity index (χ0) is 20.6. The van der Waals surface area contributed by atoms with E-state index in [4.69, 9.17) is 9.15 Å². The van der Waals surface area contributed by atoms with Gasteiger partial charge in [0.15, 0.2) is 5.76 Å². The Morgan fingerprint density at radius 3 is 2.38 bits per heavy atom. The van der Waals surface area contributed by atoms with Crippen LogP contribution in [0.25, 0.3) is 0 Å². The van der Waals surface area contributed by atoms with Crippen molar-refractivity contribution in [3.63, 3.8) is 0 Å². The van der Waals surface area contributed by atoms with Crippen molar-refractivity contribution in [3.8, 4) is 5.75 Å². The maximum absolute atomic E-state index is 12.2. The Bertz CT molecular complexity index is 968. The molecule has 3 N–H and O–H groups in total. The number of benzene rings is 2. The monoisotopic (exact) mass is 393 g/mol. The fourth-order valence-corrected chi connectivity index (χ4v) is 2.61. The Morgan fingerprint density at radius 2 is 1.66 bits per heavy atom. The van der Waals surface area contributed by atoms with Gasteiger partial charge in [-0.15, -0.1) is 0 Å². The minimum absolute atomic E-state index is 0.0585. The predicted molar refractivity (Wildman–Crippen MR) is 112 cm³/mol. The first-order valence-corrected chi connectivity index (χ1v) is 9.25. The van der Waals surface area contributed by atoms with Crippen LogP contribution in [0.4, 0.5) is 17.1 Å². The van der Waals surface area contributed by atoms with Gasteiger partial charge in [0.1, 0.15) is 5.75 Å². The summed E-state index contributed by atoms with van der Waals surface area (Å²) in [5.41, 5.74) is 1.96. The van der Waals surface area contributed by atoms with E-state index < -0.39 is 0 Å². The van der Waals surface area contributed by atoms with Crippen LogP contribution in [0.3, 0.4) is 0 Å². The summed E-state index contributed by atoms with van der Waals surface area (Å²) in [4.78, 5) is 24.3. The average Bonchev–Trinajstić information content (AvgIpc) is 3.21. The van der Waals surface area contributed by atoms with Crippen molar-refractivity contribution in [2.45, 2.75) is 20.0 Å². The maximum Gasteiger partial charge on any atom is 0.291 e. The largest absolute Gasteiger partial charge is 0.491 e. The average molecular weight is 393 g/mol. The molecule has 0 bridgehead atoms. The Labute approximate surface area is 169 Å².